The molecule has 5 nitrogen and oxygen atoms in total. The van der Waals surface area contributed by atoms with Gasteiger partial charge in [-0.1, -0.05) is 6.07 Å². The first-order valence-corrected chi connectivity index (χ1v) is 8.55. The van der Waals surface area contributed by atoms with Crippen LogP contribution in [-0.2, 0) is 11.2 Å². The molecule has 1 aliphatic rings. The van der Waals surface area contributed by atoms with Crippen molar-refractivity contribution in [3.63, 3.8) is 0 Å². The number of hydrogen-bond acceptors (Lipinski definition) is 4. The number of amides is 1. The molecule has 2 aromatic heterocycles. The van der Waals surface area contributed by atoms with Crippen molar-refractivity contribution in [2.45, 2.75) is 25.8 Å². The Balaban J connectivity index is 1.47. The summed E-state index contributed by atoms with van der Waals surface area (Å²) in [5.74, 6) is 0.247. The highest BCUT2D eigenvalue weighted by Crippen LogP contribution is 2.19. The minimum absolute atomic E-state index is 0.247. The summed E-state index contributed by atoms with van der Waals surface area (Å²) >= 11 is 0. The average molecular weight is 324 g/mol. The summed E-state index contributed by atoms with van der Waals surface area (Å²) in [5.41, 5.74) is 2.26. The van der Waals surface area contributed by atoms with E-state index in [2.05, 4.69) is 27.9 Å². The van der Waals surface area contributed by atoms with Gasteiger partial charge >= 0.3 is 0 Å². The third-order valence-electron chi connectivity index (χ3n) is 4.71. The first-order chi connectivity index (χ1) is 11.7. The van der Waals surface area contributed by atoms with Crippen LogP contribution in [0.4, 0.5) is 0 Å². The van der Waals surface area contributed by atoms with Gasteiger partial charge < -0.3 is 4.90 Å². The molecule has 3 heterocycles. The molecule has 5 heteroatoms. The molecule has 2 aromatic rings. The number of carbonyl (C=O) groups excluding carboxylic acids is 1. The average Bonchev–Trinajstić information content (AvgIpc) is 2.67. The van der Waals surface area contributed by atoms with E-state index in [1.54, 1.807) is 12.4 Å². The highest BCUT2D eigenvalue weighted by Gasteiger charge is 2.24. The second-order valence-electron chi connectivity index (χ2n) is 6.20. The van der Waals surface area contributed by atoms with Crippen molar-refractivity contribution < 1.29 is 4.79 Å². The Hall–Kier alpha value is -2.27. The zero-order chi connectivity index (χ0) is 16.8. The second-order valence-corrected chi connectivity index (χ2v) is 6.20. The first-order valence-electron chi connectivity index (χ1n) is 8.55. The molecular formula is C19H24N4O. The van der Waals surface area contributed by atoms with Crippen molar-refractivity contribution in [3.8, 4) is 0 Å². The van der Waals surface area contributed by atoms with Crippen molar-refractivity contribution in [2.75, 3.05) is 26.2 Å². The van der Waals surface area contributed by atoms with Crippen molar-refractivity contribution >= 4 is 5.91 Å². The standard InChI is InChI=1S/C19H24N4O/c1-16(18-4-2-3-9-21-18)22-12-14-23(15-13-22)19(24)6-5-17-7-10-20-11-8-17/h2-4,7-11,16H,5-6,12-15H2,1H3/t16-/m1/s1. The highest BCUT2D eigenvalue weighted by atomic mass is 16.2. The number of carbonyl (C=O) groups is 1. The summed E-state index contributed by atoms with van der Waals surface area (Å²) in [6, 6.07) is 10.3. The van der Waals surface area contributed by atoms with Gasteiger partial charge in [0.2, 0.25) is 5.91 Å². The number of hydrogen-bond donors (Lipinski definition) is 0. The van der Waals surface area contributed by atoms with Crippen LogP contribution in [0.5, 0.6) is 0 Å². The summed E-state index contributed by atoms with van der Waals surface area (Å²) in [7, 11) is 0. The van der Waals surface area contributed by atoms with E-state index in [1.165, 1.54) is 5.56 Å². The van der Waals surface area contributed by atoms with Crippen LogP contribution in [0, 0.1) is 0 Å². The monoisotopic (exact) mass is 324 g/mol. The molecule has 0 aromatic carbocycles. The van der Waals surface area contributed by atoms with Gasteiger partial charge in [-0.05, 0) is 43.2 Å². The fourth-order valence-corrected chi connectivity index (χ4v) is 3.13. The van der Waals surface area contributed by atoms with Crippen molar-refractivity contribution in [1.29, 1.82) is 0 Å². The molecule has 3 rings (SSSR count). The van der Waals surface area contributed by atoms with Gasteiger partial charge in [-0.2, -0.15) is 0 Å². The number of rotatable bonds is 5. The molecule has 0 aliphatic carbocycles. The van der Waals surface area contributed by atoms with Crippen molar-refractivity contribution in [3.05, 3.63) is 60.2 Å². The van der Waals surface area contributed by atoms with Gasteiger partial charge in [-0.15, -0.1) is 0 Å². The predicted octanol–water partition coefficient (Wildman–Crippen LogP) is 2.31. The van der Waals surface area contributed by atoms with Crippen LogP contribution in [0.3, 0.4) is 0 Å². The molecule has 0 bridgehead atoms. The third-order valence-corrected chi connectivity index (χ3v) is 4.71. The molecule has 0 saturated carbocycles. The van der Waals surface area contributed by atoms with Crippen LogP contribution in [0.15, 0.2) is 48.9 Å². The van der Waals surface area contributed by atoms with Crippen LogP contribution in [0.2, 0.25) is 0 Å². The molecule has 1 atom stereocenters. The molecule has 126 valence electrons. The minimum Gasteiger partial charge on any atom is -0.340 e. The summed E-state index contributed by atoms with van der Waals surface area (Å²) < 4.78 is 0. The van der Waals surface area contributed by atoms with Gasteiger partial charge in [-0.3, -0.25) is 19.7 Å². The molecular weight excluding hydrogens is 300 g/mol. The molecule has 24 heavy (non-hydrogen) atoms. The highest BCUT2D eigenvalue weighted by molar-refractivity contribution is 5.76. The van der Waals surface area contributed by atoms with Crippen molar-refractivity contribution in [2.24, 2.45) is 0 Å². The maximum absolute atomic E-state index is 12.4. The summed E-state index contributed by atoms with van der Waals surface area (Å²) in [5, 5.41) is 0. The lowest BCUT2D eigenvalue weighted by Gasteiger charge is -2.37. The van der Waals surface area contributed by atoms with Crippen LogP contribution >= 0.6 is 0 Å². The Bertz CT molecular complexity index is 639. The number of aromatic nitrogens is 2. The van der Waals surface area contributed by atoms with Crippen LogP contribution in [0.25, 0.3) is 0 Å². The van der Waals surface area contributed by atoms with E-state index in [-0.39, 0.29) is 5.91 Å². The third kappa shape index (κ3) is 4.17. The Morgan fingerprint density at radius 1 is 1.08 bits per heavy atom. The van der Waals surface area contributed by atoms with E-state index in [0.717, 1.165) is 38.3 Å². The smallest absolute Gasteiger partial charge is 0.222 e. The maximum Gasteiger partial charge on any atom is 0.222 e. The van der Waals surface area contributed by atoms with Crippen LogP contribution in [0.1, 0.15) is 30.6 Å². The summed E-state index contributed by atoms with van der Waals surface area (Å²) in [4.78, 5) is 25.2. The second kappa shape index (κ2) is 8.02. The van der Waals surface area contributed by atoms with Crippen LogP contribution < -0.4 is 0 Å². The maximum atomic E-state index is 12.4. The number of nitrogens with zero attached hydrogens (tertiary/aromatic N) is 4. The molecule has 1 aliphatic heterocycles. The first kappa shape index (κ1) is 16.6. The Kier molecular flexibility index (Phi) is 5.54. The van der Waals surface area contributed by atoms with Gasteiger partial charge in [0.25, 0.3) is 0 Å². The lowest BCUT2D eigenvalue weighted by molar-refractivity contribution is -0.133. The largest absolute Gasteiger partial charge is 0.340 e. The Labute approximate surface area is 143 Å². The van der Waals surface area contributed by atoms with Gasteiger partial charge in [0, 0.05) is 57.2 Å². The lowest BCUT2D eigenvalue weighted by atomic mass is 10.1. The quantitative estimate of drug-likeness (QED) is 0.847. The molecule has 0 N–H and O–H groups in total. The Morgan fingerprint density at radius 3 is 2.50 bits per heavy atom. The number of pyridine rings is 2. The minimum atomic E-state index is 0.247. The molecule has 0 spiro atoms. The van der Waals surface area contributed by atoms with E-state index in [1.807, 2.05) is 35.4 Å². The molecule has 1 saturated heterocycles. The van der Waals surface area contributed by atoms with E-state index in [4.69, 9.17) is 0 Å². The van der Waals surface area contributed by atoms with E-state index >= 15 is 0 Å². The fraction of sp³-hybridized carbons (Fsp3) is 0.421. The van der Waals surface area contributed by atoms with E-state index in [0.29, 0.717) is 12.5 Å². The molecule has 0 radical (unpaired) electrons. The zero-order valence-corrected chi connectivity index (χ0v) is 14.1. The van der Waals surface area contributed by atoms with Gasteiger partial charge in [0.15, 0.2) is 0 Å². The zero-order valence-electron chi connectivity index (χ0n) is 14.1. The molecule has 1 fully saturated rings. The summed E-state index contributed by atoms with van der Waals surface area (Å²) in [6.07, 6.45) is 6.74. The normalized spacial score (nSPS) is 16.8. The Morgan fingerprint density at radius 2 is 1.83 bits per heavy atom. The molecule has 1 amide bonds. The lowest BCUT2D eigenvalue weighted by Crippen LogP contribution is -2.49. The van der Waals surface area contributed by atoms with Gasteiger partial charge in [0.05, 0.1) is 5.69 Å². The number of piperazine rings is 1. The van der Waals surface area contributed by atoms with E-state index < -0.39 is 0 Å². The van der Waals surface area contributed by atoms with E-state index in [9.17, 15) is 4.79 Å². The fourth-order valence-electron chi connectivity index (χ4n) is 3.13. The van der Waals surface area contributed by atoms with Crippen molar-refractivity contribution in [1.82, 2.24) is 19.8 Å². The number of aryl methyl sites for hydroxylation is 1. The topological polar surface area (TPSA) is 49.3 Å². The SMILES string of the molecule is C[C@H](c1ccccn1)N1CCN(C(=O)CCc2ccncc2)CC1. The van der Waals surface area contributed by atoms with Gasteiger partial charge in [0.1, 0.15) is 0 Å². The molecule has 0 unspecified atom stereocenters. The predicted molar refractivity (Wildman–Crippen MR) is 93.4 cm³/mol. The van der Waals surface area contributed by atoms with Crippen LogP contribution in [-0.4, -0.2) is 51.9 Å². The van der Waals surface area contributed by atoms with Gasteiger partial charge in [-0.25, -0.2) is 0 Å². The summed E-state index contributed by atoms with van der Waals surface area (Å²) in [6.45, 7) is 5.58.